The maximum Gasteiger partial charge on any atom is 0.335 e. The molecule has 384 valence electrons. The summed E-state index contributed by atoms with van der Waals surface area (Å²) in [4.78, 5) is 105. The van der Waals surface area contributed by atoms with E-state index in [0.717, 1.165) is 38.5 Å². The summed E-state index contributed by atoms with van der Waals surface area (Å²) in [7, 11) is 0. The largest absolute Gasteiger partial charge is 0.494 e. The van der Waals surface area contributed by atoms with Crippen LogP contribution in [-0.4, -0.2) is 171 Å². The first kappa shape index (κ1) is 60.1. The zero-order valence-corrected chi connectivity index (χ0v) is 38.5. The Labute approximate surface area is 395 Å². The van der Waals surface area contributed by atoms with Crippen molar-refractivity contribution in [3.05, 3.63) is 29.8 Å². The van der Waals surface area contributed by atoms with E-state index in [9.17, 15) is 58.5 Å². The molecule has 3 unspecified atom stereocenters. The lowest BCUT2D eigenvalue weighted by molar-refractivity contribution is -0.142. The van der Waals surface area contributed by atoms with Crippen LogP contribution in [0.1, 0.15) is 100 Å². The van der Waals surface area contributed by atoms with E-state index in [-0.39, 0.29) is 122 Å². The number of primary amides is 1. The minimum Gasteiger partial charge on any atom is -0.494 e. The Balaban J connectivity index is 1.99. The lowest BCUT2D eigenvalue weighted by Crippen LogP contribution is -2.43. The number of amides is 6. The van der Waals surface area contributed by atoms with E-state index in [2.05, 4.69) is 26.6 Å². The Kier molecular flexibility index (Phi) is 33.6. The van der Waals surface area contributed by atoms with Crippen molar-refractivity contribution in [1.29, 1.82) is 0 Å². The second-order valence-electron chi connectivity index (χ2n) is 15.4. The number of benzene rings is 1. The smallest absolute Gasteiger partial charge is 0.335 e. The molecule has 11 N–H and O–H groups in total. The van der Waals surface area contributed by atoms with Crippen LogP contribution in [0.5, 0.6) is 5.75 Å². The number of aliphatic carboxylic acids is 2. The summed E-state index contributed by atoms with van der Waals surface area (Å²) < 4.78 is 26.8. The van der Waals surface area contributed by atoms with Crippen LogP contribution < -0.4 is 37.1 Å². The second-order valence-corrected chi connectivity index (χ2v) is 15.4. The van der Waals surface area contributed by atoms with E-state index in [1.165, 1.54) is 12.1 Å². The number of carbonyl (C=O) groups excluding carboxylic acids is 6. The van der Waals surface area contributed by atoms with Crippen LogP contribution in [0.2, 0.25) is 0 Å². The quantitative estimate of drug-likeness (QED) is 0.0373. The molecule has 0 radical (unpaired) electrons. The molecule has 0 saturated carbocycles. The number of hydrogen-bond acceptors (Lipinski definition) is 15. The fourth-order valence-corrected chi connectivity index (χ4v) is 5.98. The number of nitrogens with one attached hydrogen (secondary N) is 5. The molecule has 0 spiro atoms. The number of nitrogens with two attached hydrogens (primary N) is 1. The fraction of sp³-hybridized carbons (Fsp3) is 0.659. The zero-order valence-electron chi connectivity index (χ0n) is 38.5. The van der Waals surface area contributed by atoms with Crippen LogP contribution in [0.25, 0.3) is 0 Å². The van der Waals surface area contributed by atoms with Gasteiger partial charge in [-0.1, -0.05) is 32.1 Å². The minimum atomic E-state index is -1.33. The van der Waals surface area contributed by atoms with Crippen LogP contribution in [-0.2, 0) is 57.3 Å². The van der Waals surface area contributed by atoms with E-state index in [0.29, 0.717) is 18.8 Å². The number of aliphatic hydroxyl groups is 1. The van der Waals surface area contributed by atoms with Crippen molar-refractivity contribution in [1.82, 2.24) is 26.6 Å². The molecule has 0 fully saturated rings. The van der Waals surface area contributed by atoms with E-state index < -0.39 is 72.2 Å². The molecule has 0 aromatic heterocycles. The standard InChI is InChI=1S/C44H70N6O18/c45-36(52)16-14-34(43(60)61)50-39(55)17-11-32(28-51)48-41(57)30-67-27-25-65-23-20-47-40(56)29-66-26-24-64-22-19-46-37(53)18-15-35(44(62)63)49-38(54)8-6-4-2-1-3-5-7-21-68-33-12-9-31(10-13-33)42(58)59/h9-10,12-13,32,34-35,51H,1-8,11,14-30H2,(H2,45,52)(H,46,53)(H,47,56)(H,48,57)(H,49,54)(H,50,55)(H,58,59)(H,60,61)(H,62,63). The first-order valence-corrected chi connectivity index (χ1v) is 22.6. The number of carboxylic acid groups (broad SMARTS) is 3. The molecule has 0 saturated heterocycles. The monoisotopic (exact) mass is 970 g/mol. The van der Waals surface area contributed by atoms with Crippen LogP contribution in [0.3, 0.4) is 0 Å². The van der Waals surface area contributed by atoms with Crippen LogP contribution in [0.4, 0.5) is 0 Å². The molecule has 24 heteroatoms. The average molecular weight is 971 g/mol. The molecule has 0 aliphatic rings. The van der Waals surface area contributed by atoms with Crippen LogP contribution in [0, 0.1) is 0 Å². The number of carboxylic acids is 3. The highest BCUT2D eigenvalue weighted by Gasteiger charge is 2.23. The molecule has 1 rings (SSSR count). The third-order valence-electron chi connectivity index (χ3n) is 9.68. The van der Waals surface area contributed by atoms with Gasteiger partial charge in [-0.2, -0.15) is 0 Å². The molecule has 0 aliphatic heterocycles. The summed E-state index contributed by atoms with van der Waals surface area (Å²) in [6, 6.07) is 2.97. The van der Waals surface area contributed by atoms with Gasteiger partial charge >= 0.3 is 17.9 Å². The van der Waals surface area contributed by atoms with Gasteiger partial charge in [-0.3, -0.25) is 28.8 Å². The van der Waals surface area contributed by atoms with E-state index in [1.54, 1.807) is 12.1 Å². The summed E-state index contributed by atoms with van der Waals surface area (Å²) in [5.74, 6) is -6.00. The highest BCUT2D eigenvalue weighted by molar-refractivity contribution is 5.88. The Bertz CT molecular complexity index is 1680. The Morgan fingerprint density at radius 2 is 0.985 bits per heavy atom. The van der Waals surface area contributed by atoms with Gasteiger partial charge in [0.1, 0.15) is 31.0 Å². The van der Waals surface area contributed by atoms with Gasteiger partial charge in [-0.25, -0.2) is 14.4 Å². The first-order chi connectivity index (χ1) is 32.6. The number of unbranched alkanes of at least 4 members (excludes halogenated alkanes) is 6. The summed E-state index contributed by atoms with van der Waals surface area (Å²) in [6.07, 6.45) is 5.63. The highest BCUT2D eigenvalue weighted by atomic mass is 16.5. The SMILES string of the molecule is NC(=O)CCC(NC(=O)CCC(CO)NC(=O)COCCOCCNC(=O)COCCOCCNC(=O)CCC(NC(=O)CCCCCCCCCOc1ccc(C(=O)O)cc1)C(=O)O)C(=O)O. The average Bonchev–Trinajstić information content (AvgIpc) is 3.29. The highest BCUT2D eigenvalue weighted by Crippen LogP contribution is 2.14. The molecule has 24 nitrogen and oxygen atoms in total. The third kappa shape index (κ3) is 32.7. The van der Waals surface area contributed by atoms with Crippen molar-refractivity contribution in [3.8, 4) is 5.75 Å². The van der Waals surface area contributed by atoms with Crippen LogP contribution >= 0.6 is 0 Å². The fourth-order valence-electron chi connectivity index (χ4n) is 5.98. The van der Waals surface area contributed by atoms with E-state index in [1.807, 2.05) is 0 Å². The lowest BCUT2D eigenvalue weighted by Gasteiger charge is -2.18. The number of rotatable bonds is 43. The van der Waals surface area contributed by atoms with Crippen LogP contribution in [0.15, 0.2) is 24.3 Å². The van der Waals surface area contributed by atoms with Gasteiger partial charge in [0.05, 0.1) is 64.5 Å². The first-order valence-electron chi connectivity index (χ1n) is 22.6. The third-order valence-corrected chi connectivity index (χ3v) is 9.68. The van der Waals surface area contributed by atoms with Gasteiger partial charge in [0, 0.05) is 38.8 Å². The summed E-state index contributed by atoms with van der Waals surface area (Å²) in [6.45, 7) is 0.545. The van der Waals surface area contributed by atoms with Gasteiger partial charge in [0.2, 0.25) is 35.4 Å². The van der Waals surface area contributed by atoms with Gasteiger partial charge < -0.3 is 76.4 Å². The van der Waals surface area contributed by atoms with Crippen molar-refractivity contribution < 1.29 is 87.3 Å². The van der Waals surface area contributed by atoms with Crippen molar-refractivity contribution in [2.75, 3.05) is 79.2 Å². The molecule has 68 heavy (non-hydrogen) atoms. The normalized spacial score (nSPS) is 12.2. The zero-order chi connectivity index (χ0) is 50.4. The van der Waals surface area contributed by atoms with Crippen molar-refractivity contribution in [2.24, 2.45) is 5.73 Å². The summed E-state index contributed by atoms with van der Waals surface area (Å²) in [5, 5.41) is 49.7. The molecular weight excluding hydrogens is 901 g/mol. The molecule has 1 aromatic carbocycles. The van der Waals surface area contributed by atoms with Crippen molar-refractivity contribution in [3.63, 3.8) is 0 Å². The minimum absolute atomic E-state index is 0.0155. The Morgan fingerprint density at radius 3 is 1.53 bits per heavy atom. The Hall–Kier alpha value is -5.95. The number of ether oxygens (including phenoxy) is 5. The number of hydrogen-bond donors (Lipinski definition) is 10. The molecular formula is C44H70N6O18. The number of aliphatic hydroxyl groups excluding tert-OH is 1. The molecule has 6 amide bonds. The predicted molar refractivity (Wildman–Crippen MR) is 240 cm³/mol. The number of aromatic carboxylic acids is 1. The second kappa shape index (κ2) is 38.1. The van der Waals surface area contributed by atoms with Gasteiger partial charge in [0.25, 0.3) is 0 Å². The number of carbonyl (C=O) groups is 9. The molecule has 3 atom stereocenters. The maximum atomic E-state index is 12.3. The van der Waals surface area contributed by atoms with E-state index in [4.69, 9.17) is 34.5 Å². The van der Waals surface area contributed by atoms with Gasteiger partial charge in [-0.15, -0.1) is 0 Å². The molecule has 1 aromatic rings. The molecule has 0 bridgehead atoms. The van der Waals surface area contributed by atoms with Gasteiger partial charge in [0.15, 0.2) is 0 Å². The maximum absolute atomic E-state index is 12.3. The lowest BCUT2D eigenvalue weighted by atomic mass is 10.1. The summed E-state index contributed by atoms with van der Waals surface area (Å²) >= 11 is 0. The summed E-state index contributed by atoms with van der Waals surface area (Å²) in [5.41, 5.74) is 5.22. The van der Waals surface area contributed by atoms with Crippen molar-refractivity contribution >= 4 is 53.4 Å². The molecule has 0 heterocycles. The van der Waals surface area contributed by atoms with Crippen molar-refractivity contribution in [2.45, 2.75) is 108 Å². The topological polar surface area (TPSA) is 367 Å². The van der Waals surface area contributed by atoms with E-state index >= 15 is 0 Å². The predicted octanol–water partition coefficient (Wildman–Crippen LogP) is -0.375. The van der Waals surface area contributed by atoms with Gasteiger partial charge in [-0.05, 0) is 56.4 Å². The Morgan fingerprint density at radius 1 is 0.500 bits per heavy atom. The molecule has 0 aliphatic carbocycles.